The van der Waals surface area contributed by atoms with Gasteiger partial charge in [-0.05, 0) is 30.2 Å². The molecule has 0 aliphatic heterocycles. The summed E-state index contributed by atoms with van der Waals surface area (Å²) < 4.78 is 66.7. The minimum atomic E-state index is -4.21. The molecule has 3 nitrogen and oxygen atoms in total. The van der Waals surface area contributed by atoms with Crippen LogP contribution in [-0.2, 0) is 4.74 Å². The van der Waals surface area contributed by atoms with Gasteiger partial charge < -0.3 is 4.74 Å². The molecule has 0 spiro atoms. The van der Waals surface area contributed by atoms with Crippen LogP contribution in [0.2, 0.25) is 0 Å². The van der Waals surface area contributed by atoms with Crippen molar-refractivity contribution in [2.24, 2.45) is 5.84 Å². The third kappa shape index (κ3) is 4.39. The smallest absolute Gasteiger partial charge is 0.330 e. The second-order valence-corrected chi connectivity index (χ2v) is 4.30. The molecule has 0 bridgehead atoms. The molecule has 1 aromatic carbocycles. The van der Waals surface area contributed by atoms with Crippen molar-refractivity contribution in [1.29, 1.82) is 0 Å². The average Bonchev–Trinajstić information content (AvgIpc) is 2.35. The first-order valence-electron chi connectivity index (χ1n) is 5.74. The summed E-state index contributed by atoms with van der Waals surface area (Å²) in [5, 5.41) is 0. The first-order valence-corrected chi connectivity index (χ1v) is 5.74. The molecule has 0 amide bonds. The van der Waals surface area contributed by atoms with Gasteiger partial charge in [-0.2, -0.15) is 8.78 Å². The van der Waals surface area contributed by atoms with Gasteiger partial charge in [-0.25, -0.2) is 13.2 Å². The zero-order chi connectivity index (χ0) is 15.3. The molecule has 0 radical (unpaired) electrons. The van der Waals surface area contributed by atoms with Gasteiger partial charge in [-0.15, -0.1) is 0 Å². The summed E-state index contributed by atoms with van der Waals surface area (Å²) in [4.78, 5) is 0. The van der Waals surface area contributed by atoms with E-state index in [1.165, 1.54) is 18.2 Å². The first kappa shape index (κ1) is 16.8. The van der Waals surface area contributed by atoms with E-state index >= 15 is 0 Å². The highest BCUT2D eigenvalue weighted by Crippen LogP contribution is 2.24. The molecular weight excluding hydrogens is 283 g/mol. The summed E-state index contributed by atoms with van der Waals surface area (Å²) in [6, 6.07) is 3.14. The second kappa shape index (κ2) is 6.96. The molecular formula is C12H15F5N2O. The summed E-state index contributed by atoms with van der Waals surface area (Å²) in [5.74, 6) is 0.599. The summed E-state index contributed by atoms with van der Waals surface area (Å²) in [5.41, 5.74) is 3.39. The maximum atomic E-state index is 12.9. The molecule has 1 atom stereocenters. The topological polar surface area (TPSA) is 47.3 Å². The number of halogens is 5. The van der Waals surface area contributed by atoms with Crippen LogP contribution in [0.15, 0.2) is 18.2 Å². The van der Waals surface area contributed by atoms with Crippen molar-refractivity contribution in [3.63, 3.8) is 0 Å². The van der Waals surface area contributed by atoms with E-state index in [2.05, 4.69) is 10.2 Å². The van der Waals surface area contributed by atoms with Gasteiger partial charge in [-0.1, -0.05) is 6.07 Å². The average molecular weight is 298 g/mol. The Kier molecular flexibility index (Phi) is 5.85. The number of benzene rings is 1. The number of alkyl halides is 4. The highest BCUT2D eigenvalue weighted by Gasteiger charge is 2.41. The fourth-order valence-corrected chi connectivity index (χ4v) is 1.63. The number of nitrogens with one attached hydrogen (secondary N) is 1. The third-order valence-electron chi connectivity index (χ3n) is 2.71. The molecule has 114 valence electrons. The van der Waals surface area contributed by atoms with Crippen LogP contribution in [0.25, 0.3) is 0 Å². The second-order valence-electron chi connectivity index (χ2n) is 4.30. The van der Waals surface area contributed by atoms with Crippen LogP contribution in [0.3, 0.4) is 0 Å². The number of nitrogens with two attached hydrogens (primary N) is 1. The molecule has 0 saturated carbocycles. The van der Waals surface area contributed by atoms with Crippen LogP contribution in [0, 0.1) is 12.7 Å². The van der Waals surface area contributed by atoms with Crippen molar-refractivity contribution in [2.45, 2.75) is 25.3 Å². The Balaban J connectivity index is 2.64. The van der Waals surface area contributed by atoms with Crippen molar-refractivity contribution < 1.29 is 26.7 Å². The molecule has 0 aliphatic carbocycles. The summed E-state index contributed by atoms with van der Waals surface area (Å²) >= 11 is 0. The van der Waals surface area contributed by atoms with Gasteiger partial charge in [0.05, 0.1) is 12.6 Å². The van der Waals surface area contributed by atoms with Crippen LogP contribution >= 0.6 is 0 Å². The van der Waals surface area contributed by atoms with Crippen LogP contribution < -0.4 is 11.3 Å². The quantitative estimate of drug-likeness (QED) is 0.462. The Morgan fingerprint density at radius 1 is 1.35 bits per heavy atom. The lowest BCUT2D eigenvalue weighted by atomic mass is 10.0. The largest absolute Gasteiger partial charge is 0.373 e. The molecule has 1 unspecified atom stereocenters. The van der Waals surface area contributed by atoms with Crippen molar-refractivity contribution in [1.82, 2.24) is 5.43 Å². The van der Waals surface area contributed by atoms with Crippen molar-refractivity contribution in [2.75, 3.05) is 13.2 Å². The lowest BCUT2D eigenvalue weighted by molar-refractivity contribution is -0.167. The van der Waals surface area contributed by atoms with E-state index in [1.54, 1.807) is 6.92 Å². The normalized spacial score (nSPS) is 13.8. The Bertz CT molecular complexity index is 442. The highest BCUT2D eigenvalue weighted by molar-refractivity contribution is 5.29. The Morgan fingerprint density at radius 3 is 2.50 bits per heavy atom. The van der Waals surface area contributed by atoms with E-state index in [9.17, 15) is 22.0 Å². The van der Waals surface area contributed by atoms with E-state index in [0.29, 0.717) is 11.1 Å². The zero-order valence-corrected chi connectivity index (χ0v) is 10.7. The standard InChI is InChI=1S/C12H15F5N2O/c1-7-4-8(13)2-3-9(7)10(19-18)5-20-6-12(16,17)11(14)15/h2-4,10-11,19H,5-6,18H2,1H3. The Morgan fingerprint density at radius 2 is 2.00 bits per heavy atom. The van der Waals surface area contributed by atoms with E-state index in [0.717, 1.165) is 0 Å². The van der Waals surface area contributed by atoms with E-state index in [1.807, 2.05) is 0 Å². The van der Waals surface area contributed by atoms with Crippen LogP contribution in [0.4, 0.5) is 22.0 Å². The molecule has 1 rings (SSSR count). The number of hydrogen-bond acceptors (Lipinski definition) is 3. The number of hydrogen-bond donors (Lipinski definition) is 2. The summed E-state index contributed by atoms with van der Waals surface area (Å²) in [6.45, 7) is -0.148. The molecule has 1 aromatic rings. The monoisotopic (exact) mass is 298 g/mol. The van der Waals surface area contributed by atoms with Gasteiger partial charge in [0.1, 0.15) is 12.4 Å². The van der Waals surface area contributed by atoms with E-state index < -0.39 is 30.8 Å². The molecule has 0 saturated heterocycles. The highest BCUT2D eigenvalue weighted by atomic mass is 19.3. The number of aryl methyl sites for hydroxylation is 1. The van der Waals surface area contributed by atoms with Crippen LogP contribution in [0.1, 0.15) is 17.2 Å². The lowest BCUT2D eigenvalue weighted by Crippen LogP contribution is -2.36. The fraction of sp³-hybridized carbons (Fsp3) is 0.500. The molecule has 0 fully saturated rings. The van der Waals surface area contributed by atoms with E-state index in [4.69, 9.17) is 5.84 Å². The number of rotatable bonds is 7. The van der Waals surface area contributed by atoms with Gasteiger partial charge in [0.15, 0.2) is 0 Å². The van der Waals surface area contributed by atoms with Gasteiger partial charge in [0, 0.05) is 0 Å². The van der Waals surface area contributed by atoms with Crippen LogP contribution in [0.5, 0.6) is 0 Å². The molecule has 3 N–H and O–H groups in total. The number of hydrazine groups is 1. The maximum absolute atomic E-state index is 12.9. The molecule has 0 aromatic heterocycles. The lowest BCUT2D eigenvalue weighted by Gasteiger charge is -2.21. The third-order valence-corrected chi connectivity index (χ3v) is 2.71. The van der Waals surface area contributed by atoms with Gasteiger partial charge in [0.25, 0.3) is 0 Å². The summed E-state index contributed by atoms with van der Waals surface area (Å²) in [7, 11) is 0. The Labute approximate surface area is 112 Å². The number of ether oxygens (including phenoxy) is 1. The molecule has 0 aliphatic rings. The predicted molar refractivity (Wildman–Crippen MR) is 63.0 cm³/mol. The first-order chi connectivity index (χ1) is 9.27. The molecule has 20 heavy (non-hydrogen) atoms. The van der Waals surface area contributed by atoms with Crippen LogP contribution in [-0.4, -0.2) is 25.6 Å². The molecule has 8 heteroatoms. The van der Waals surface area contributed by atoms with Crippen molar-refractivity contribution in [3.8, 4) is 0 Å². The van der Waals surface area contributed by atoms with Gasteiger partial charge in [0.2, 0.25) is 0 Å². The SMILES string of the molecule is Cc1cc(F)ccc1C(COCC(F)(F)C(F)F)NN. The minimum absolute atomic E-state index is 0.342. The van der Waals surface area contributed by atoms with E-state index in [-0.39, 0.29) is 6.61 Å². The fourth-order valence-electron chi connectivity index (χ4n) is 1.63. The molecule has 0 heterocycles. The maximum Gasteiger partial charge on any atom is 0.330 e. The zero-order valence-electron chi connectivity index (χ0n) is 10.7. The van der Waals surface area contributed by atoms with Crippen molar-refractivity contribution in [3.05, 3.63) is 35.1 Å². The Hall–Kier alpha value is -1.25. The van der Waals surface area contributed by atoms with Gasteiger partial charge >= 0.3 is 12.3 Å². The minimum Gasteiger partial charge on any atom is -0.373 e. The van der Waals surface area contributed by atoms with Gasteiger partial charge in [-0.3, -0.25) is 11.3 Å². The summed E-state index contributed by atoms with van der Waals surface area (Å²) in [6.07, 6.45) is -3.79. The van der Waals surface area contributed by atoms with Crippen molar-refractivity contribution >= 4 is 0 Å². The predicted octanol–water partition coefficient (Wildman–Crippen LogP) is 2.56.